The maximum Gasteiger partial charge on any atom is 0.296 e. The Labute approximate surface area is 250 Å². The normalized spacial score (nSPS) is 23.9. The minimum absolute atomic E-state index is 0.144. The smallest absolute Gasteiger partial charge is 0.296 e. The number of amides is 1. The van der Waals surface area contributed by atoms with Crippen LogP contribution in [-0.2, 0) is 6.42 Å². The van der Waals surface area contributed by atoms with Crippen molar-refractivity contribution in [3.63, 3.8) is 0 Å². The van der Waals surface area contributed by atoms with E-state index < -0.39 is 5.60 Å². The summed E-state index contributed by atoms with van der Waals surface area (Å²) in [6, 6.07) is 9.77. The quantitative estimate of drug-likeness (QED) is 0.210. The Morgan fingerprint density at radius 2 is 1.93 bits per heavy atom. The van der Waals surface area contributed by atoms with Crippen molar-refractivity contribution in [2.24, 2.45) is 23.2 Å². The average molecular weight is 574 g/mol. The third-order valence-corrected chi connectivity index (χ3v) is 9.33. The Bertz CT molecular complexity index is 1360. The molecule has 2 unspecified atom stereocenters. The Morgan fingerprint density at radius 3 is 2.64 bits per heavy atom. The summed E-state index contributed by atoms with van der Waals surface area (Å²) in [6.45, 7) is 10.9. The summed E-state index contributed by atoms with van der Waals surface area (Å²) in [5.74, 6) is 4.24. The second-order valence-electron chi connectivity index (χ2n) is 13.7. The van der Waals surface area contributed by atoms with Crippen molar-refractivity contribution in [3.05, 3.63) is 53.7 Å². The number of carbonyl (C=O) groups excluding carboxylic acids is 1. The number of hydrogen-bond donors (Lipinski definition) is 3. The van der Waals surface area contributed by atoms with Gasteiger partial charge >= 0.3 is 0 Å². The number of pyridine rings is 1. The van der Waals surface area contributed by atoms with Crippen LogP contribution in [0.4, 0.5) is 5.82 Å². The van der Waals surface area contributed by atoms with Gasteiger partial charge in [-0.15, -0.1) is 5.10 Å². The lowest BCUT2D eigenvalue weighted by Gasteiger charge is -2.48. The molecular weight excluding hydrogens is 526 g/mol. The fraction of sp³-hybridized carbons (Fsp3) is 0.588. The van der Waals surface area contributed by atoms with Gasteiger partial charge < -0.3 is 15.2 Å². The number of nitrogens with zero attached hydrogens (tertiary/aromatic N) is 3. The molecule has 42 heavy (non-hydrogen) atoms. The lowest BCUT2D eigenvalue weighted by atomic mass is 9.57. The Hall–Kier alpha value is -3.26. The van der Waals surface area contributed by atoms with Crippen LogP contribution in [0.2, 0.25) is 0 Å². The van der Waals surface area contributed by atoms with E-state index in [0.29, 0.717) is 18.8 Å². The first-order chi connectivity index (χ1) is 20.0. The van der Waals surface area contributed by atoms with Crippen molar-refractivity contribution in [1.82, 2.24) is 20.2 Å². The molecule has 2 fully saturated rings. The van der Waals surface area contributed by atoms with Gasteiger partial charge in [0, 0.05) is 12.6 Å². The third kappa shape index (κ3) is 7.57. The van der Waals surface area contributed by atoms with Crippen molar-refractivity contribution in [3.8, 4) is 16.9 Å². The minimum Gasteiger partial charge on any atom is -0.494 e. The van der Waals surface area contributed by atoms with Crippen LogP contribution in [0, 0.1) is 30.1 Å². The number of aliphatic hydroxyl groups is 1. The molecule has 0 spiro atoms. The summed E-state index contributed by atoms with van der Waals surface area (Å²) in [5.41, 5.74) is 2.56. The summed E-state index contributed by atoms with van der Waals surface area (Å²) < 4.78 is 5.95. The largest absolute Gasteiger partial charge is 0.494 e. The van der Waals surface area contributed by atoms with Crippen LogP contribution in [0.15, 0.2) is 36.5 Å². The van der Waals surface area contributed by atoms with Crippen LogP contribution < -0.4 is 10.1 Å². The minimum atomic E-state index is -0.697. The first-order valence-corrected chi connectivity index (χ1v) is 15.7. The molecule has 2 heterocycles. The van der Waals surface area contributed by atoms with Crippen LogP contribution in [0.5, 0.6) is 5.75 Å². The van der Waals surface area contributed by atoms with Crippen molar-refractivity contribution < 1.29 is 14.6 Å². The van der Waals surface area contributed by atoms with E-state index in [4.69, 9.17) is 4.74 Å². The van der Waals surface area contributed by atoms with Gasteiger partial charge in [0.2, 0.25) is 5.82 Å². The highest BCUT2D eigenvalue weighted by atomic mass is 16.5. The van der Waals surface area contributed by atoms with Crippen LogP contribution in [0.25, 0.3) is 11.1 Å². The number of benzene rings is 1. The number of carbonyl (C=O) groups is 1. The number of fused-ring (bicyclic) bond motifs is 2. The Kier molecular flexibility index (Phi) is 9.02. The van der Waals surface area contributed by atoms with Gasteiger partial charge in [0.15, 0.2) is 0 Å². The molecule has 1 amide bonds. The van der Waals surface area contributed by atoms with Gasteiger partial charge in [-0.3, -0.25) is 9.89 Å². The van der Waals surface area contributed by atoms with E-state index in [1.165, 1.54) is 32.1 Å². The predicted molar refractivity (Wildman–Crippen MR) is 165 cm³/mol. The second kappa shape index (κ2) is 12.5. The number of aromatic nitrogens is 4. The van der Waals surface area contributed by atoms with Gasteiger partial charge in [-0.2, -0.15) is 0 Å². The molecule has 3 aromatic rings. The topological polar surface area (TPSA) is 113 Å². The number of H-pyrrole nitrogens is 1. The average Bonchev–Trinajstić information content (AvgIpc) is 3.39. The van der Waals surface area contributed by atoms with Crippen molar-refractivity contribution >= 4 is 11.7 Å². The fourth-order valence-corrected chi connectivity index (χ4v) is 7.46. The van der Waals surface area contributed by atoms with E-state index in [2.05, 4.69) is 39.3 Å². The number of nitrogens with one attached hydrogen (secondary N) is 2. The second-order valence-corrected chi connectivity index (χ2v) is 13.7. The van der Waals surface area contributed by atoms with Gasteiger partial charge in [-0.05, 0) is 130 Å². The Morgan fingerprint density at radius 1 is 1.17 bits per heavy atom. The molecule has 8 heteroatoms. The first-order valence-electron chi connectivity index (χ1n) is 15.7. The van der Waals surface area contributed by atoms with Gasteiger partial charge in [0.05, 0.1) is 12.2 Å². The number of hydrogen-bond acceptors (Lipinski definition) is 6. The fourth-order valence-electron chi connectivity index (χ4n) is 7.46. The number of aryl methyl sites for hydroxylation is 1. The summed E-state index contributed by atoms with van der Waals surface area (Å²) in [7, 11) is 0. The number of rotatable bonds is 11. The van der Waals surface area contributed by atoms with E-state index in [1.54, 1.807) is 20.0 Å². The van der Waals surface area contributed by atoms with E-state index >= 15 is 0 Å². The molecule has 2 bridgehead atoms. The van der Waals surface area contributed by atoms with Gasteiger partial charge in [-0.1, -0.05) is 26.3 Å². The standard InChI is InChI=1S/C34H47N5O3/c1-6-34(19-24-14-22(2)15-25(16-24)20-34)21-30-36-31(39-38-30)32(40)37-29-17-26(10-12-35-29)28-18-27(9-8-23(28)3)42-13-7-11-33(4,5)41/h8-10,12,17-18,22,24-25,41H,6-7,11,13-16,19-21H2,1-5H3,(H,35,37,40)(H,36,38,39). The zero-order valence-electron chi connectivity index (χ0n) is 25.9. The van der Waals surface area contributed by atoms with Crippen LogP contribution in [0.1, 0.15) is 101 Å². The van der Waals surface area contributed by atoms with Crippen molar-refractivity contribution in [2.45, 2.75) is 98.0 Å². The summed E-state index contributed by atoms with van der Waals surface area (Å²) in [6.07, 6.45) is 11.6. The van der Waals surface area contributed by atoms with Crippen molar-refractivity contribution in [1.29, 1.82) is 0 Å². The number of ether oxygens (including phenoxy) is 1. The molecule has 8 nitrogen and oxygen atoms in total. The lowest BCUT2D eigenvalue weighted by Crippen LogP contribution is -2.39. The molecule has 5 rings (SSSR count). The SMILES string of the molecule is CCC1(Cc2nc(C(=O)Nc3cc(-c4cc(OCCCC(C)(C)O)ccc4C)ccn3)n[nH]2)CC2CC(C)CC(C2)C1. The Balaban J connectivity index is 1.23. The van der Waals surface area contributed by atoms with Gasteiger partial charge in [-0.25, -0.2) is 9.97 Å². The van der Waals surface area contributed by atoms with Crippen LogP contribution in [0.3, 0.4) is 0 Å². The first kappa shape index (κ1) is 30.2. The molecule has 0 aliphatic heterocycles. The van der Waals surface area contributed by atoms with Gasteiger partial charge in [0.1, 0.15) is 17.4 Å². The third-order valence-electron chi connectivity index (χ3n) is 9.33. The maximum atomic E-state index is 13.1. The molecule has 0 radical (unpaired) electrons. The lowest BCUT2D eigenvalue weighted by molar-refractivity contribution is 0.0306. The maximum absolute atomic E-state index is 13.1. The molecule has 2 aromatic heterocycles. The van der Waals surface area contributed by atoms with E-state index in [0.717, 1.165) is 65.3 Å². The molecule has 2 saturated carbocycles. The zero-order valence-corrected chi connectivity index (χ0v) is 25.9. The summed E-state index contributed by atoms with van der Waals surface area (Å²) >= 11 is 0. The van der Waals surface area contributed by atoms with E-state index in [-0.39, 0.29) is 17.1 Å². The molecule has 1 aromatic carbocycles. The number of anilines is 1. The predicted octanol–water partition coefficient (Wildman–Crippen LogP) is 7.14. The van der Waals surface area contributed by atoms with Crippen LogP contribution in [-0.4, -0.2) is 43.4 Å². The van der Waals surface area contributed by atoms with Gasteiger partial charge in [0.25, 0.3) is 5.91 Å². The van der Waals surface area contributed by atoms with E-state index in [9.17, 15) is 9.90 Å². The highest BCUT2D eigenvalue weighted by molar-refractivity contribution is 6.01. The highest BCUT2D eigenvalue weighted by Crippen LogP contribution is 2.52. The zero-order chi connectivity index (χ0) is 29.9. The molecular formula is C34H47N5O3. The molecule has 2 atom stereocenters. The summed E-state index contributed by atoms with van der Waals surface area (Å²) in [4.78, 5) is 22.1. The molecule has 0 saturated heterocycles. The molecule has 2 aliphatic carbocycles. The van der Waals surface area contributed by atoms with Crippen molar-refractivity contribution in [2.75, 3.05) is 11.9 Å². The highest BCUT2D eigenvalue weighted by Gasteiger charge is 2.43. The monoisotopic (exact) mass is 573 g/mol. The summed E-state index contributed by atoms with van der Waals surface area (Å²) in [5, 5.41) is 20.2. The van der Waals surface area contributed by atoms with E-state index in [1.807, 2.05) is 37.3 Å². The molecule has 226 valence electrons. The van der Waals surface area contributed by atoms with Crippen LogP contribution >= 0.6 is 0 Å². The molecule has 2 aliphatic rings. The molecule has 3 N–H and O–H groups in total. The number of aromatic amines is 1.